The molecule has 0 radical (unpaired) electrons. The van der Waals surface area contributed by atoms with E-state index >= 15 is 0 Å². The van der Waals surface area contributed by atoms with Crippen LogP contribution in [0.3, 0.4) is 0 Å². The fourth-order valence-corrected chi connectivity index (χ4v) is 6.74. The Balaban J connectivity index is 1.44. The van der Waals surface area contributed by atoms with Crippen LogP contribution in [0.5, 0.6) is 5.75 Å². The molecule has 3 aromatic rings. The third-order valence-corrected chi connectivity index (χ3v) is 9.13. The molecule has 0 aromatic heterocycles. The molecule has 1 N–H and O–H groups in total. The zero-order valence-electron chi connectivity index (χ0n) is 27.4. The number of phenols is 1. The molecule has 1 aliphatic rings. The van der Waals surface area contributed by atoms with Gasteiger partial charge in [0, 0.05) is 9.80 Å². The first-order chi connectivity index (χ1) is 19.5. The highest BCUT2D eigenvalue weighted by molar-refractivity contribution is 8.03. The number of aromatic hydroxyl groups is 1. The fraction of sp³-hybridized carbons (Fsp3) is 0.400. The van der Waals surface area contributed by atoms with Gasteiger partial charge in [0.2, 0.25) is 0 Å². The highest BCUT2D eigenvalue weighted by Crippen LogP contribution is 2.36. The minimum Gasteiger partial charge on any atom is -0.508 e. The summed E-state index contributed by atoms with van der Waals surface area (Å²) < 4.78 is 0. The van der Waals surface area contributed by atoms with Crippen LogP contribution in [-0.2, 0) is 29.1 Å². The summed E-state index contributed by atoms with van der Waals surface area (Å²) in [5, 5.41) is 10.3. The predicted octanol–water partition coefficient (Wildman–Crippen LogP) is 11.1. The lowest BCUT2D eigenvalue weighted by Gasteiger charge is -2.30. The highest BCUT2D eigenvalue weighted by Gasteiger charge is 2.24. The van der Waals surface area contributed by atoms with Crippen LogP contribution >= 0.6 is 11.8 Å². The number of hydrogen-bond donors (Lipinski definition) is 1. The van der Waals surface area contributed by atoms with Crippen LogP contribution in [0.4, 0.5) is 0 Å². The Morgan fingerprint density at radius 1 is 0.667 bits per heavy atom. The first kappa shape index (κ1) is 32.0. The highest BCUT2D eigenvalue weighted by atomic mass is 32.2. The van der Waals surface area contributed by atoms with Gasteiger partial charge in [-0.05, 0) is 105 Å². The third-order valence-electron chi connectivity index (χ3n) is 8.12. The average molecular weight is 579 g/mol. The molecule has 2 heteroatoms. The van der Waals surface area contributed by atoms with Gasteiger partial charge >= 0.3 is 0 Å². The Morgan fingerprint density at radius 2 is 1.21 bits per heavy atom. The molecule has 0 bridgehead atoms. The van der Waals surface area contributed by atoms with E-state index in [4.69, 9.17) is 0 Å². The summed E-state index contributed by atoms with van der Waals surface area (Å²) in [4.78, 5) is 2.50. The minimum absolute atomic E-state index is 0.0823. The number of benzene rings is 3. The van der Waals surface area contributed by atoms with Crippen molar-refractivity contribution in [3.05, 3.63) is 129 Å². The monoisotopic (exact) mass is 578 g/mol. The van der Waals surface area contributed by atoms with Crippen molar-refractivity contribution < 1.29 is 5.11 Å². The van der Waals surface area contributed by atoms with E-state index in [0.29, 0.717) is 11.7 Å². The molecule has 3 aromatic carbocycles. The summed E-state index contributed by atoms with van der Waals surface area (Å²) >= 11 is 1.81. The summed E-state index contributed by atoms with van der Waals surface area (Å²) in [5.74, 6) is 0.706. The van der Waals surface area contributed by atoms with Crippen molar-refractivity contribution in [1.29, 1.82) is 0 Å². The van der Waals surface area contributed by atoms with Gasteiger partial charge in [-0.1, -0.05) is 135 Å². The van der Waals surface area contributed by atoms with Crippen molar-refractivity contribution in [1.82, 2.24) is 0 Å². The van der Waals surface area contributed by atoms with Crippen LogP contribution in [0, 0.1) is 12.8 Å². The van der Waals surface area contributed by atoms with Crippen molar-refractivity contribution in [3.63, 3.8) is 0 Å². The van der Waals surface area contributed by atoms with Crippen LogP contribution in [0.2, 0.25) is 0 Å². The molecule has 1 unspecified atom stereocenters. The topological polar surface area (TPSA) is 20.2 Å². The van der Waals surface area contributed by atoms with Crippen LogP contribution in [0.25, 0.3) is 0 Å². The van der Waals surface area contributed by atoms with Crippen LogP contribution in [0.1, 0.15) is 101 Å². The Morgan fingerprint density at radius 3 is 1.79 bits per heavy atom. The smallest absolute Gasteiger partial charge is 0.119 e. The standard InChI is InChI=1S/C40H50OS/c1-27-34(38(2,3)4)25-31(26-35(27)39(5,6)7)23-29-15-19-33(20-16-29)42-32-13-11-12-28(14-18-32)22-30-17-21-37(41)36(24-30)40(8,9)10/h11-21,24-26,28,41H,22-23H2,1-10H3. The lowest BCUT2D eigenvalue weighted by molar-refractivity contribution is 0.446. The molecular weight excluding hydrogens is 529 g/mol. The molecule has 4 rings (SSSR count). The molecule has 1 atom stereocenters. The summed E-state index contributed by atoms with van der Waals surface area (Å²) in [6.07, 6.45) is 13.1. The van der Waals surface area contributed by atoms with Gasteiger partial charge in [0.1, 0.15) is 5.75 Å². The van der Waals surface area contributed by atoms with E-state index in [0.717, 1.165) is 18.4 Å². The number of phenolic OH excluding ortho intramolecular Hbond substituents is 1. The summed E-state index contributed by atoms with van der Waals surface area (Å²) in [6.45, 7) is 22.7. The van der Waals surface area contributed by atoms with E-state index in [-0.39, 0.29) is 16.2 Å². The second kappa shape index (κ2) is 12.3. The Bertz CT molecular complexity index is 1460. The lowest BCUT2D eigenvalue weighted by atomic mass is 9.75. The van der Waals surface area contributed by atoms with Crippen molar-refractivity contribution in [3.8, 4) is 5.75 Å². The van der Waals surface area contributed by atoms with Gasteiger partial charge in [-0.2, -0.15) is 0 Å². The number of allylic oxidation sites excluding steroid dienone is 5. The molecule has 0 spiro atoms. The predicted molar refractivity (Wildman–Crippen MR) is 184 cm³/mol. The summed E-state index contributed by atoms with van der Waals surface area (Å²) in [5.41, 5.74) is 9.49. The molecule has 1 nitrogen and oxygen atoms in total. The first-order valence-corrected chi connectivity index (χ1v) is 16.1. The van der Waals surface area contributed by atoms with Crippen molar-refractivity contribution >= 4 is 11.8 Å². The molecular formula is C40H50OS. The normalized spacial score (nSPS) is 16.0. The molecule has 1 aliphatic carbocycles. The zero-order chi connectivity index (χ0) is 30.9. The van der Waals surface area contributed by atoms with Crippen LogP contribution in [-0.4, -0.2) is 5.11 Å². The minimum atomic E-state index is -0.0823. The largest absolute Gasteiger partial charge is 0.508 e. The second-order valence-electron chi connectivity index (χ2n) is 15.0. The SMILES string of the molecule is Cc1c(C(C)(C)C)cc(Cc2ccc(SC3=CC=CC(Cc4ccc(O)c(C(C)(C)C)c4)C=C3)cc2)cc1C(C)(C)C. The van der Waals surface area contributed by atoms with Gasteiger partial charge in [0.05, 0.1) is 0 Å². The molecule has 0 fully saturated rings. The fourth-order valence-electron chi connectivity index (χ4n) is 5.90. The Kier molecular flexibility index (Phi) is 9.38. The van der Waals surface area contributed by atoms with Gasteiger partial charge in [0.15, 0.2) is 0 Å². The summed E-state index contributed by atoms with van der Waals surface area (Å²) in [7, 11) is 0. The second-order valence-corrected chi connectivity index (χ2v) is 16.2. The van der Waals surface area contributed by atoms with E-state index in [2.05, 4.69) is 142 Å². The van der Waals surface area contributed by atoms with E-state index in [1.165, 1.54) is 43.2 Å². The maximum Gasteiger partial charge on any atom is 0.119 e. The molecule has 42 heavy (non-hydrogen) atoms. The number of thioether (sulfide) groups is 1. The van der Waals surface area contributed by atoms with Crippen LogP contribution < -0.4 is 0 Å². The number of hydrogen-bond acceptors (Lipinski definition) is 2. The van der Waals surface area contributed by atoms with E-state index in [9.17, 15) is 5.11 Å². The lowest BCUT2D eigenvalue weighted by Crippen LogP contribution is -2.20. The quantitative estimate of drug-likeness (QED) is 0.314. The maximum atomic E-state index is 10.3. The molecule has 222 valence electrons. The molecule has 0 heterocycles. The van der Waals surface area contributed by atoms with Crippen LogP contribution in [0.15, 0.2) is 94.8 Å². The molecule has 0 saturated carbocycles. The van der Waals surface area contributed by atoms with Crippen molar-refractivity contribution in [2.75, 3.05) is 0 Å². The Hall–Kier alpha value is -2.97. The molecule has 0 saturated heterocycles. The Labute approximate surface area is 259 Å². The van der Waals surface area contributed by atoms with Gasteiger partial charge in [-0.15, -0.1) is 0 Å². The van der Waals surface area contributed by atoms with E-state index in [1.54, 1.807) is 0 Å². The number of rotatable bonds is 6. The molecule has 0 amide bonds. The molecule has 0 aliphatic heterocycles. The van der Waals surface area contributed by atoms with Gasteiger partial charge < -0.3 is 5.11 Å². The van der Waals surface area contributed by atoms with Gasteiger partial charge in [0.25, 0.3) is 0 Å². The van der Waals surface area contributed by atoms with Crippen molar-refractivity contribution in [2.24, 2.45) is 5.92 Å². The third kappa shape index (κ3) is 8.10. The first-order valence-electron chi connectivity index (χ1n) is 15.3. The van der Waals surface area contributed by atoms with E-state index in [1.807, 2.05) is 23.9 Å². The van der Waals surface area contributed by atoms with Crippen molar-refractivity contribution in [2.45, 2.75) is 103 Å². The maximum absolute atomic E-state index is 10.3. The van der Waals surface area contributed by atoms with E-state index < -0.39 is 0 Å². The summed E-state index contributed by atoms with van der Waals surface area (Å²) in [6, 6.07) is 20.0. The van der Waals surface area contributed by atoms with Gasteiger partial charge in [-0.25, -0.2) is 0 Å². The average Bonchev–Trinajstić information content (AvgIpc) is 3.10. The zero-order valence-corrected chi connectivity index (χ0v) is 28.2. The van der Waals surface area contributed by atoms with Gasteiger partial charge in [-0.3, -0.25) is 0 Å².